The number of benzene rings is 2. The number of esters is 1. The molecule has 0 radical (unpaired) electrons. The second-order valence-corrected chi connectivity index (χ2v) is 9.45. The molecule has 0 aliphatic carbocycles. The molecule has 1 aliphatic rings. The molecule has 3 rings (SSSR count). The van der Waals surface area contributed by atoms with Crippen LogP contribution in [0.4, 0.5) is 15.8 Å². The maximum absolute atomic E-state index is 13.2. The molecule has 2 aromatic carbocycles. The van der Waals surface area contributed by atoms with Crippen molar-refractivity contribution in [3.8, 4) is 0 Å². The molecule has 31 heavy (non-hydrogen) atoms. The zero-order valence-corrected chi connectivity index (χ0v) is 18.1. The van der Waals surface area contributed by atoms with Gasteiger partial charge < -0.3 is 15.0 Å². The van der Waals surface area contributed by atoms with Crippen molar-refractivity contribution in [1.82, 2.24) is 4.31 Å². The highest BCUT2D eigenvalue weighted by molar-refractivity contribution is 7.89. The Bertz CT molecular complexity index is 1080. The number of halogens is 1. The molecular weight excluding hydrogens is 425 g/mol. The van der Waals surface area contributed by atoms with Crippen molar-refractivity contribution in [2.45, 2.75) is 17.7 Å². The monoisotopic (exact) mass is 449 g/mol. The summed E-state index contributed by atoms with van der Waals surface area (Å²) in [5, 5.41) is 2.44. The van der Waals surface area contributed by atoms with Crippen LogP contribution in [0.1, 0.15) is 23.2 Å². The van der Waals surface area contributed by atoms with Crippen LogP contribution in [0.15, 0.2) is 47.4 Å². The van der Waals surface area contributed by atoms with Gasteiger partial charge in [-0.05, 0) is 49.2 Å². The molecule has 0 atom stereocenters. The predicted molar refractivity (Wildman–Crippen MR) is 114 cm³/mol. The molecule has 1 amide bonds. The van der Waals surface area contributed by atoms with Crippen LogP contribution in [0.5, 0.6) is 0 Å². The minimum absolute atomic E-state index is 0.0448. The summed E-state index contributed by atoms with van der Waals surface area (Å²) in [7, 11) is -0.955. The SMILES string of the molecule is CN(C)S(=O)(=O)c1ccc(N2CCCC2)c(C(=O)OCC(=O)Nc2cccc(F)c2)c1. The average Bonchev–Trinajstić information content (AvgIpc) is 3.26. The Kier molecular flexibility index (Phi) is 6.91. The minimum atomic E-state index is -3.76. The summed E-state index contributed by atoms with van der Waals surface area (Å²) in [5.41, 5.74) is 0.868. The maximum Gasteiger partial charge on any atom is 0.340 e. The van der Waals surface area contributed by atoms with Crippen molar-refractivity contribution < 1.29 is 27.1 Å². The van der Waals surface area contributed by atoms with Gasteiger partial charge in [0.2, 0.25) is 10.0 Å². The molecule has 166 valence electrons. The number of nitrogens with zero attached hydrogens (tertiary/aromatic N) is 2. The van der Waals surface area contributed by atoms with Gasteiger partial charge in [-0.15, -0.1) is 0 Å². The number of carbonyl (C=O) groups is 2. The number of anilines is 2. The van der Waals surface area contributed by atoms with Gasteiger partial charge in [-0.2, -0.15) is 0 Å². The van der Waals surface area contributed by atoms with Gasteiger partial charge in [-0.25, -0.2) is 21.9 Å². The van der Waals surface area contributed by atoms with E-state index in [-0.39, 0.29) is 16.1 Å². The fourth-order valence-electron chi connectivity index (χ4n) is 3.26. The summed E-state index contributed by atoms with van der Waals surface area (Å²) >= 11 is 0. The largest absolute Gasteiger partial charge is 0.452 e. The van der Waals surface area contributed by atoms with Crippen molar-refractivity contribution in [3.63, 3.8) is 0 Å². The second kappa shape index (κ2) is 9.44. The van der Waals surface area contributed by atoms with Crippen LogP contribution < -0.4 is 10.2 Å². The molecule has 8 nitrogen and oxygen atoms in total. The zero-order chi connectivity index (χ0) is 22.6. The van der Waals surface area contributed by atoms with E-state index in [2.05, 4.69) is 5.32 Å². The lowest BCUT2D eigenvalue weighted by Gasteiger charge is -2.22. The molecule has 10 heteroatoms. The summed E-state index contributed by atoms with van der Waals surface area (Å²) in [6.45, 7) is 0.875. The lowest BCUT2D eigenvalue weighted by atomic mass is 10.1. The summed E-state index contributed by atoms with van der Waals surface area (Å²) in [4.78, 5) is 26.8. The molecule has 1 heterocycles. The first-order valence-corrected chi connectivity index (χ1v) is 11.2. The molecule has 0 spiro atoms. The van der Waals surface area contributed by atoms with Gasteiger partial charge in [-0.1, -0.05) is 6.07 Å². The summed E-state index contributed by atoms with van der Waals surface area (Å²) in [6.07, 6.45) is 1.92. The van der Waals surface area contributed by atoms with Crippen molar-refractivity contribution in [2.75, 3.05) is 44.0 Å². The van der Waals surface area contributed by atoms with Crippen LogP contribution in [0.3, 0.4) is 0 Å². The number of nitrogens with one attached hydrogen (secondary N) is 1. The lowest BCUT2D eigenvalue weighted by Crippen LogP contribution is -2.26. The van der Waals surface area contributed by atoms with Gasteiger partial charge in [0.25, 0.3) is 5.91 Å². The highest BCUT2D eigenvalue weighted by atomic mass is 32.2. The Hall–Kier alpha value is -2.98. The molecule has 1 aliphatic heterocycles. The van der Waals surface area contributed by atoms with Crippen LogP contribution >= 0.6 is 0 Å². The highest BCUT2D eigenvalue weighted by Crippen LogP contribution is 2.28. The fourth-order valence-corrected chi connectivity index (χ4v) is 4.18. The number of rotatable bonds is 7. The zero-order valence-electron chi connectivity index (χ0n) is 17.3. The Morgan fingerprint density at radius 3 is 2.48 bits per heavy atom. The number of hydrogen-bond donors (Lipinski definition) is 1. The van der Waals surface area contributed by atoms with E-state index >= 15 is 0 Å². The van der Waals surface area contributed by atoms with Gasteiger partial charge in [0, 0.05) is 32.9 Å². The molecule has 0 aromatic heterocycles. The lowest BCUT2D eigenvalue weighted by molar-refractivity contribution is -0.119. The molecular formula is C21H24FN3O5S. The van der Waals surface area contributed by atoms with Gasteiger partial charge in [0.15, 0.2) is 6.61 Å². The molecule has 1 fully saturated rings. The van der Waals surface area contributed by atoms with Crippen molar-refractivity contribution in [3.05, 3.63) is 53.8 Å². The third-order valence-corrected chi connectivity index (χ3v) is 6.67. The average molecular weight is 450 g/mol. The summed E-state index contributed by atoms with van der Waals surface area (Å²) < 4.78 is 44.4. The van der Waals surface area contributed by atoms with Crippen LogP contribution in [-0.2, 0) is 19.6 Å². The first-order chi connectivity index (χ1) is 14.7. The third kappa shape index (κ3) is 5.39. The van der Waals surface area contributed by atoms with Gasteiger partial charge in [0.05, 0.1) is 16.1 Å². The van der Waals surface area contributed by atoms with E-state index in [0.29, 0.717) is 5.69 Å². The number of sulfonamides is 1. The van der Waals surface area contributed by atoms with E-state index < -0.39 is 34.3 Å². The van der Waals surface area contributed by atoms with E-state index in [1.807, 2.05) is 4.90 Å². The molecule has 0 bridgehead atoms. The highest BCUT2D eigenvalue weighted by Gasteiger charge is 2.25. The first-order valence-electron chi connectivity index (χ1n) is 9.72. The molecule has 0 saturated carbocycles. The smallest absolute Gasteiger partial charge is 0.340 e. The van der Waals surface area contributed by atoms with E-state index in [1.165, 1.54) is 44.4 Å². The van der Waals surface area contributed by atoms with Crippen molar-refractivity contribution in [1.29, 1.82) is 0 Å². The summed E-state index contributed by atoms with van der Waals surface area (Å²) in [5.74, 6) is -1.96. The standard InChI is InChI=1S/C21H24FN3O5S/c1-24(2)31(28,29)17-8-9-19(25-10-3-4-11-25)18(13-17)21(27)30-14-20(26)23-16-7-5-6-15(22)12-16/h5-9,12-13H,3-4,10-11,14H2,1-2H3,(H,23,26). The third-order valence-electron chi connectivity index (χ3n) is 4.86. The quantitative estimate of drug-likeness (QED) is 0.653. The maximum atomic E-state index is 13.2. The number of amides is 1. The second-order valence-electron chi connectivity index (χ2n) is 7.30. The van der Waals surface area contributed by atoms with E-state index in [1.54, 1.807) is 6.07 Å². The fraction of sp³-hybridized carbons (Fsp3) is 0.333. The molecule has 1 N–H and O–H groups in total. The van der Waals surface area contributed by atoms with Crippen LogP contribution in [0.25, 0.3) is 0 Å². The molecule has 1 saturated heterocycles. The van der Waals surface area contributed by atoms with Crippen LogP contribution in [-0.4, -0.2) is 58.4 Å². The Balaban J connectivity index is 1.79. The number of ether oxygens (including phenoxy) is 1. The van der Waals surface area contributed by atoms with Gasteiger partial charge >= 0.3 is 5.97 Å². The van der Waals surface area contributed by atoms with Gasteiger partial charge in [0.1, 0.15) is 5.82 Å². The van der Waals surface area contributed by atoms with Crippen molar-refractivity contribution in [2.24, 2.45) is 0 Å². The van der Waals surface area contributed by atoms with E-state index in [4.69, 9.17) is 4.74 Å². The number of hydrogen-bond acceptors (Lipinski definition) is 6. The first kappa shape index (κ1) is 22.7. The minimum Gasteiger partial charge on any atom is -0.452 e. The predicted octanol–water partition coefficient (Wildman–Crippen LogP) is 2.47. The summed E-state index contributed by atoms with van der Waals surface area (Å²) in [6, 6.07) is 9.64. The molecule has 2 aromatic rings. The topological polar surface area (TPSA) is 96.0 Å². The number of carbonyl (C=O) groups excluding carboxylic acids is 2. The van der Waals surface area contributed by atoms with E-state index in [9.17, 15) is 22.4 Å². The van der Waals surface area contributed by atoms with E-state index in [0.717, 1.165) is 36.3 Å². The normalized spacial score (nSPS) is 14.0. The van der Waals surface area contributed by atoms with Crippen LogP contribution in [0, 0.1) is 5.82 Å². The Labute approximate surface area is 180 Å². The van der Waals surface area contributed by atoms with Gasteiger partial charge in [-0.3, -0.25) is 4.79 Å². The van der Waals surface area contributed by atoms with Crippen molar-refractivity contribution >= 4 is 33.3 Å². The Morgan fingerprint density at radius 1 is 1.13 bits per heavy atom. The molecule has 0 unspecified atom stereocenters. The Morgan fingerprint density at radius 2 is 1.84 bits per heavy atom. The van der Waals surface area contributed by atoms with Crippen LogP contribution in [0.2, 0.25) is 0 Å².